The van der Waals surface area contributed by atoms with E-state index in [4.69, 9.17) is 19.3 Å². The van der Waals surface area contributed by atoms with Crippen LogP contribution in [0.15, 0.2) is 63.5 Å². The second-order valence-corrected chi connectivity index (χ2v) is 10.5. The number of carbonyl (C=O) groups excluding carboxylic acids is 1. The molecule has 0 radical (unpaired) electrons. The van der Waals surface area contributed by atoms with Crippen molar-refractivity contribution in [2.75, 3.05) is 19.8 Å². The van der Waals surface area contributed by atoms with Crippen LogP contribution in [-0.2, 0) is 14.3 Å². The summed E-state index contributed by atoms with van der Waals surface area (Å²) in [6.45, 7) is 9.56. The van der Waals surface area contributed by atoms with Crippen LogP contribution in [0.25, 0.3) is 6.08 Å². The largest absolute Gasteiger partial charge is 0.490 e. The summed E-state index contributed by atoms with van der Waals surface area (Å²) in [6, 6.07) is 12.2. The summed E-state index contributed by atoms with van der Waals surface area (Å²) in [7, 11) is 0. The van der Waals surface area contributed by atoms with E-state index in [0.29, 0.717) is 50.2 Å². The van der Waals surface area contributed by atoms with Gasteiger partial charge in [0.1, 0.15) is 0 Å². The van der Waals surface area contributed by atoms with E-state index in [0.717, 1.165) is 11.1 Å². The minimum absolute atomic E-state index is 0.202. The quantitative estimate of drug-likeness (QED) is 0.373. The summed E-state index contributed by atoms with van der Waals surface area (Å²) in [5, 5.41) is 8.95. The van der Waals surface area contributed by atoms with Crippen molar-refractivity contribution in [2.45, 2.75) is 46.6 Å². The fourth-order valence-electron chi connectivity index (χ4n) is 4.46. The Morgan fingerprint density at radius 3 is 2.42 bits per heavy atom. The highest BCUT2D eigenvalue weighted by atomic mass is 32.1. The molecule has 210 valence electrons. The normalized spacial score (nSPS) is 15.1. The van der Waals surface area contributed by atoms with E-state index < -0.39 is 24.6 Å². The molecule has 0 bridgehead atoms. The summed E-state index contributed by atoms with van der Waals surface area (Å²) < 4.78 is 18.3. The number of carbonyl (C=O) groups is 2. The van der Waals surface area contributed by atoms with Crippen LogP contribution in [0, 0.1) is 0 Å². The Bertz CT molecular complexity index is 1630. The molecular weight excluding hydrogens is 532 g/mol. The molecule has 1 unspecified atom stereocenters. The van der Waals surface area contributed by atoms with Gasteiger partial charge in [-0.15, -0.1) is 0 Å². The first-order valence-corrected chi connectivity index (χ1v) is 13.9. The van der Waals surface area contributed by atoms with E-state index in [1.165, 1.54) is 11.3 Å². The maximum atomic E-state index is 13.9. The number of ether oxygens (including phenoxy) is 3. The smallest absolute Gasteiger partial charge is 0.341 e. The molecule has 10 heteroatoms. The minimum atomic E-state index is -1.10. The van der Waals surface area contributed by atoms with Gasteiger partial charge in [-0.25, -0.2) is 14.6 Å². The third-order valence-electron chi connectivity index (χ3n) is 6.35. The molecule has 3 aromatic rings. The number of fused-ring (bicyclic) bond motifs is 1. The standard InChI is InChI=1S/C30H32N2O7S/c1-6-37-23-14-19(8-13-22(23)39-16-25(33)34)15-24-28(35)32-27(21-11-9-20(10-12-21)17(3)4)26(29(36)38-7-2)18(5)31-30(32)40-24/h8-15,17,27H,6-7,16H2,1-5H3,(H,33,34)/b24-15+. The molecule has 1 aliphatic rings. The van der Waals surface area contributed by atoms with Gasteiger partial charge in [0, 0.05) is 0 Å². The van der Waals surface area contributed by atoms with Gasteiger partial charge < -0.3 is 19.3 Å². The van der Waals surface area contributed by atoms with Gasteiger partial charge in [0.2, 0.25) is 0 Å². The highest BCUT2D eigenvalue weighted by Crippen LogP contribution is 2.32. The Hall–Kier alpha value is -4.18. The second kappa shape index (κ2) is 12.3. The fraction of sp³-hybridized carbons (Fsp3) is 0.333. The first kappa shape index (κ1) is 28.8. The average Bonchev–Trinajstić information content (AvgIpc) is 3.21. The number of esters is 1. The van der Waals surface area contributed by atoms with Gasteiger partial charge in [0.05, 0.1) is 35.1 Å². The highest BCUT2D eigenvalue weighted by Gasteiger charge is 2.33. The van der Waals surface area contributed by atoms with Gasteiger partial charge in [-0.3, -0.25) is 9.36 Å². The molecule has 2 heterocycles. The lowest BCUT2D eigenvalue weighted by Gasteiger charge is -2.25. The Morgan fingerprint density at radius 2 is 1.80 bits per heavy atom. The second-order valence-electron chi connectivity index (χ2n) is 9.45. The summed E-state index contributed by atoms with van der Waals surface area (Å²) in [5.41, 5.74) is 3.14. The first-order chi connectivity index (χ1) is 19.1. The first-order valence-electron chi connectivity index (χ1n) is 13.1. The van der Waals surface area contributed by atoms with Gasteiger partial charge in [0.15, 0.2) is 22.9 Å². The third kappa shape index (κ3) is 6.02. The number of allylic oxidation sites excluding steroid dienone is 1. The number of aromatic nitrogens is 1. The van der Waals surface area contributed by atoms with Crippen molar-refractivity contribution in [3.05, 3.63) is 90.1 Å². The zero-order valence-electron chi connectivity index (χ0n) is 23.1. The monoisotopic (exact) mass is 564 g/mol. The van der Waals surface area contributed by atoms with Crippen LogP contribution in [0.4, 0.5) is 0 Å². The Balaban J connectivity index is 1.85. The number of hydrogen-bond donors (Lipinski definition) is 1. The molecule has 0 spiro atoms. The maximum Gasteiger partial charge on any atom is 0.341 e. The number of aliphatic carboxylic acids is 1. The molecule has 1 aliphatic heterocycles. The zero-order chi connectivity index (χ0) is 29.0. The Morgan fingerprint density at radius 1 is 1.07 bits per heavy atom. The highest BCUT2D eigenvalue weighted by molar-refractivity contribution is 7.07. The molecule has 2 aromatic carbocycles. The summed E-state index contributed by atoms with van der Waals surface area (Å²) >= 11 is 1.22. The number of hydrogen-bond acceptors (Lipinski definition) is 8. The lowest BCUT2D eigenvalue weighted by atomic mass is 9.93. The average molecular weight is 565 g/mol. The number of carboxylic acids is 1. The van der Waals surface area contributed by atoms with Crippen LogP contribution in [0.3, 0.4) is 0 Å². The summed E-state index contributed by atoms with van der Waals surface area (Å²) in [6.07, 6.45) is 1.72. The number of carboxylic acid groups (broad SMARTS) is 1. The predicted octanol–water partition coefficient (Wildman–Crippen LogP) is 3.78. The van der Waals surface area contributed by atoms with Crippen molar-refractivity contribution in [1.82, 2.24) is 4.57 Å². The summed E-state index contributed by atoms with van der Waals surface area (Å²) in [5.74, 6) is -0.607. The molecular formula is C30H32N2O7S. The lowest BCUT2D eigenvalue weighted by molar-refractivity contribution is -0.140. The van der Waals surface area contributed by atoms with E-state index in [1.54, 1.807) is 42.7 Å². The number of rotatable bonds is 10. The molecule has 0 saturated carbocycles. The fourth-order valence-corrected chi connectivity index (χ4v) is 5.51. The zero-order valence-corrected chi connectivity index (χ0v) is 23.9. The lowest BCUT2D eigenvalue weighted by Crippen LogP contribution is -2.39. The molecule has 9 nitrogen and oxygen atoms in total. The molecule has 0 fully saturated rings. The molecule has 1 aromatic heterocycles. The van der Waals surface area contributed by atoms with E-state index >= 15 is 0 Å². The van der Waals surface area contributed by atoms with Gasteiger partial charge >= 0.3 is 11.9 Å². The van der Waals surface area contributed by atoms with E-state index in [2.05, 4.69) is 18.8 Å². The van der Waals surface area contributed by atoms with Gasteiger partial charge in [-0.1, -0.05) is 55.5 Å². The topological polar surface area (TPSA) is 116 Å². The van der Waals surface area contributed by atoms with Crippen molar-refractivity contribution in [2.24, 2.45) is 4.99 Å². The van der Waals surface area contributed by atoms with Gasteiger partial charge in [0.25, 0.3) is 5.56 Å². The van der Waals surface area contributed by atoms with Crippen LogP contribution in [0.5, 0.6) is 11.5 Å². The van der Waals surface area contributed by atoms with Crippen LogP contribution in [0.2, 0.25) is 0 Å². The van der Waals surface area contributed by atoms with Gasteiger partial charge in [-0.05, 0) is 61.6 Å². The Kier molecular flexibility index (Phi) is 8.89. The van der Waals surface area contributed by atoms with Crippen molar-refractivity contribution in [3.8, 4) is 11.5 Å². The van der Waals surface area contributed by atoms with Crippen molar-refractivity contribution in [3.63, 3.8) is 0 Å². The van der Waals surface area contributed by atoms with Crippen molar-refractivity contribution >= 4 is 29.4 Å². The van der Waals surface area contributed by atoms with Crippen molar-refractivity contribution < 1.29 is 28.9 Å². The molecule has 1 atom stereocenters. The maximum absolute atomic E-state index is 13.9. The molecule has 4 rings (SSSR count). The third-order valence-corrected chi connectivity index (χ3v) is 7.34. The summed E-state index contributed by atoms with van der Waals surface area (Å²) in [4.78, 5) is 43.0. The SMILES string of the molecule is CCOC(=O)C1=C(C)N=c2s/c(=C/c3ccc(OCC(=O)O)c(OCC)c3)c(=O)n2C1c1ccc(C(C)C)cc1. The molecule has 0 aliphatic carbocycles. The number of nitrogens with zero attached hydrogens (tertiary/aromatic N) is 2. The van der Waals surface area contributed by atoms with Crippen LogP contribution >= 0.6 is 11.3 Å². The van der Waals surface area contributed by atoms with Gasteiger partial charge in [-0.2, -0.15) is 0 Å². The Labute approximate surface area is 235 Å². The van der Waals surface area contributed by atoms with Crippen LogP contribution in [0.1, 0.15) is 63.3 Å². The molecule has 0 saturated heterocycles. The van der Waals surface area contributed by atoms with Crippen molar-refractivity contribution in [1.29, 1.82) is 0 Å². The van der Waals surface area contributed by atoms with Crippen LogP contribution < -0.4 is 24.4 Å². The molecule has 1 N–H and O–H groups in total. The minimum Gasteiger partial charge on any atom is -0.490 e. The van der Waals surface area contributed by atoms with Crippen LogP contribution in [-0.4, -0.2) is 41.4 Å². The molecule has 40 heavy (non-hydrogen) atoms. The van der Waals surface area contributed by atoms with E-state index in [-0.39, 0.29) is 12.2 Å². The number of thiazole rings is 1. The van der Waals surface area contributed by atoms with E-state index in [9.17, 15) is 14.4 Å². The molecule has 0 amide bonds. The number of benzene rings is 2. The predicted molar refractivity (Wildman–Crippen MR) is 152 cm³/mol. The van der Waals surface area contributed by atoms with E-state index in [1.807, 2.05) is 31.2 Å².